The van der Waals surface area contributed by atoms with E-state index in [9.17, 15) is 8.78 Å². The molecular weight excluding hydrogens is 318 g/mol. The molecule has 0 aliphatic carbocycles. The predicted molar refractivity (Wildman–Crippen MR) is 94.1 cm³/mol. The second-order valence-corrected chi connectivity index (χ2v) is 6.50. The van der Waals surface area contributed by atoms with E-state index in [1.165, 1.54) is 29.5 Å². The molecule has 1 aromatic heterocycles. The van der Waals surface area contributed by atoms with Crippen LogP contribution in [0.4, 0.5) is 8.78 Å². The first-order chi connectivity index (χ1) is 12.2. The van der Waals surface area contributed by atoms with Crippen LogP contribution in [0.2, 0.25) is 0 Å². The first kappa shape index (κ1) is 16.0. The summed E-state index contributed by atoms with van der Waals surface area (Å²) in [5.41, 5.74) is 2.77. The Morgan fingerprint density at radius 2 is 1.76 bits per heavy atom. The first-order valence-corrected chi connectivity index (χ1v) is 8.60. The van der Waals surface area contributed by atoms with Crippen LogP contribution >= 0.6 is 0 Å². The number of fused-ring (bicyclic) bond motifs is 1. The summed E-state index contributed by atoms with van der Waals surface area (Å²) in [6.45, 7) is 2.15. The summed E-state index contributed by atoms with van der Waals surface area (Å²) in [5.74, 6) is -0.751. The van der Waals surface area contributed by atoms with Gasteiger partial charge in [-0.05, 0) is 42.3 Å². The highest BCUT2D eigenvalue weighted by Crippen LogP contribution is 2.33. The Labute approximate surface area is 146 Å². The number of benzene rings is 2. The van der Waals surface area contributed by atoms with Gasteiger partial charge in [-0.25, -0.2) is 8.78 Å². The topological polar surface area (TPSA) is 8.17 Å². The van der Waals surface area contributed by atoms with Crippen LogP contribution in [-0.2, 0) is 13.1 Å². The molecule has 0 spiro atoms. The maximum Gasteiger partial charge on any atom is 0.127 e. The molecule has 0 saturated carbocycles. The quantitative estimate of drug-likeness (QED) is 0.668. The number of rotatable bonds is 3. The molecule has 1 unspecified atom stereocenters. The summed E-state index contributed by atoms with van der Waals surface area (Å²) < 4.78 is 30.1. The standard InChI is InChI=1S/C21H20F2N2/c22-18-9-10-19(23)17(14-18)15-25-13-5-12-24-11-4-8-20(24)21(25)16-6-2-1-3-7-16/h1-4,6-11,14,21H,5,12-13,15H2. The highest BCUT2D eigenvalue weighted by Gasteiger charge is 2.27. The van der Waals surface area contributed by atoms with Crippen LogP contribution in [0.15, 0.2) is 66.9 Å². The van der Waals surface area contributed by atoms with Crippen LogP contribution in [0.25, 0.3) is 0 Å². The minimum absolute atomic E-state index is 0.0290. The van der Waals surface area contributed by atoms with Gasteiger partial charge >= 0.3 is 0 Å². The van der Waals surface area contributed by atoms with Crippen molar-refractivity contribution in [2.24, 2.45) is 0 Å². The fraction of sp³-hybridized carbons (Fsp3) is 0.238. The van der Waals surface area contributed by atoms with E-state index in [1.807, 2.05) is 18.2 Å². The minimum Gasteiger partial charge on any atom is -0.350 e. The molecule has 3 aromatic rings. The van der Waals surface area contributed by atoms with Gasteiger partial charge in [0.05, 0.1) is 6.04 Å². The van der Waals surface area contributed by atoms with Gasteiger partial charge in [0.2, 0.25) is 0 Å². The van der Waals surface area contributed by atoms with Crippen LogP contribution < -0.4 is 0 Å². The number of halogens is 2. The van der Waals surface area contributed by atoms with E-state index in [2.05, 4.69) is 39.9 Å². The van der Waals surface area contributed by atoms with Gasteiger partial charge in [0.1, 0.15) is 11.6 Å². The molecule has 2 aromatic carbocycles. The monoisotopic (exact) mass is 338 g/mol. The molecule has 25 heavy (non-hydrogen) atoms. The zero-order valence-corrected chi connectivity index (χ0v) is 13.9. The minimum atomic E-state index is -0.397. The summed E-state index contributed by atoms with van der Waals surface area (Å²) in [7, 11) is 0. The van der Waals surface area contributed by atoms with Crippen LogP contribution in [0.5, 0.6) is 0 Å². The van der Waals surface area contributed by atoms with Crippen LogP contribution in [0, 0.1) is 11.6 Å². The van der Waals surface area contributed by atoms with Gasteiger partial charge in [-0.3, -0.25) is 4.90 Å². The molecule has 0 bridgehead atoms. The molecule has 0 fully saturated rings. The molecule has 128 valence electrons. The van der Waals surface area contributed by atoms with Gasteiger partial charge in [0, 0.05) is 37.1 Å². The van der Waals surface area contributed by atoms with Crippen LogP contribution in [0.1, 0.15) is 29.3 Å². The Bertz CT molecular complexity index is 857. The molecule has 0 saturated heterocycles. The van der Waals surface area contributed by atoms with Crippen molar-refractivity contribution in [3.8, 4) is 0 Å². The van der Waals surface area contributed by atoms with Crippen molar-refractivity contribution in [1.29, 1.82) is 0 Å². The van der Waals surface area contributed by atoms with E-state index in [1.54, 1.807) is 0 Å². The number of hydrogen-bond acceptors (Lipinski definition) is 1. The molecular formula is C21H20F2N2. The summed E-state index contributed by atoms with van der Waals surface area (Å²) in [4.78, 5) is 2.24. The Balaban J connectivity index is 1.75. The van der Waals surface area contributed by atoms with Gasteiger partial charge in [0.25, 0.3) is 0 Å². The van der Waals surface area contributed by atoms with Crippen molar-refractivity contribution in [1.82, 2.24) is 9.47 Å². The van der Waals surface area contributed by atoms with Gasteiger partial charge in [-0.2, -0.15) is 0 Å². The lowest BCUT2D eigenvalue weighted by Crippen LogP contribution is -2.29. The van der Waals surface area contributed by atoms with E-state index in [0.717, 1.165) is 19.5 Å². The number of aromatic nitrogens is 1. The third-order valence-corrected chi connectivity index (χ3v) is 4.85. The van der Waals surface area contributed by atoms with Crippen molar-refractivity contribution in [3.63, 3.8) is 0 Å². The molecule has 2 heterocycles. The fourth-order valence-corrected chi connectivity index (χ4v) is 3.71. The zero-order chi connectivity index (χ0) is 17.2. The number of hydrogen-bond donors (Lipinski definition) is 0. The third kappa shape index (κ3) is 3.22. The van der Waals surface area contributed by atoms with Gasteiger partial charge < -0.3 is 4.57 Å². The van der Waals surface area contributed by atoms with E-state index in [0.29, 0.717) is 12.1 Å². The van der Waals surface area contributed by atoms with Crippen molar-refractivity contribution >= 4 is 0 Å². The van der Waals surface area contributed by atoms with Gasteiger partial charge in [-0.15, -0.1) is 0 Å². The molecule has 2 nitrogen and oxygen atoms in total. The second kappa shape index (κ2) is 6.81. The van der Waals surface area contributed by atoms with Crippen molar-refractivity contribution in [2.75, 3.05) is 6.54 Å². The molecule has 4 heteroatoms. The maximum absolute atomic E-state index is 14.2. The normalized spacial score (nSPS) is 17.9. The van der Waals surface area contributed by atoms with E-state index >= 15 is 0 Å². The summed E-state index contributed by atoms with van der Waals surface area (Å²) in [6, 6.07) is 18.1. The molecule has 0 radical (unpaired) electrons. The van der Waals surface area contributed by atoms with E-state index in [4.69, 9.17) is 0 Å². The van der Waals surface area contributed by atoms with Crippen molar-refractivity contribution in [3.05, 3.63) is 95.3 Å². The van der Waals surface area contributed by atoms with Crippen molar-refractivity contribution in [2.45, 2.75) is 25.6 Å². The lowest BCUT2D eigenvalue weighted by atomic mass is 10.0. The Kier molecular flexibility index (Phi) is 4.36. The maximum atomic E-state index is 14.2. The van der Waals surface area contributed by atoms with E-state index in [-0.39, 0.29) is 11.9 Å². The summed E-state index contributed by atoms with van der Waals surface area (Å²) in [6.07, 6.45) is 3.07. The number of aryl methyl sites for hydroxylation is 1. The highest BCUT2D eigenvalue weighted by molar-refractivity contribution is 5.30. The second-order valence-electron chi connectivity index (χ2n) is 6.50. The SMILES string of the molecule is Fc1ccc(F)c(CN2CCCn3cccc3C2c2ccccc2)c1. The van der Waals surface area contributed by atoms with Crippen LogP contribution in [-0.4, -0.2) is 16.0 Å². The molecule has 0 N–H and O–H groups in total. The highest BCUT2D eigenvalue weighted by atomic mass is 19.1. The Morgan fingerprint density at radius 1 is 0.920 bits per heavy atom. The smallest absolute Gasteiger partial charge is 0.127 e. The molecule has 1 atom stereocenters. The molecule has 4 rings (SSSR count). The average molecular weight is 338 g/mol. The largest absolute Gasteiger partial charge is 0.350 e. The lowest BCUT2D eigenvalue weighted by Gasteiger charge is -2.30. The predicted octanol–water partition coefficient (Wildman–Crippen LogP) is 4.76. The van der Waals surface area contributed by atoms with Gasteiger partial charge in [-0.1, -0.05) is 30.3 Å². The average Bonchev–Trinajstić information content (AvgIpc) is 3.00. The van der Waals surface area contributed by atoms with Crippen LogP contribution in [0.3, 0.4) is 0 Å². The Morgan fingerprint density at radius 3 is 2.60 bits per heavy atom. The summed E-state index contributed by atoms with van der Waals surface area (Å²) >= 11 is 0. The molecule has 0 amide bonds. The molecule has 1 aliphatic heterocycles. The first-order valence-electron chi connectivity index (χ1n) is 8.60. The Hall–Kier alpha value is -2.46. The van der Waals surface area contributed by atoms with E-state index < -0.39 is 5.82 Å². The van der Waals surface area contributed by atoms with Crippen molar-refractivity contribution < 1.29 is 8.78 Å². The van der Waals surface area contributed by atoms with Gasteiger partial charge in [0.15, 0.2) is 0 Å². The third-order valence-electron chi connectivity index (χ3n) is 4.85. The zero-order valence-electron chi connectivity index (χ0n) is 13.9. The molecule has 1 aliphatic rings. The summed E-state index contributed by atoms with van der Waals surface area (Å²) in [5, 5.41) is 0. The number of nitrogens with zero attached hydrogens (tertiary/aromatic N) is 2. The fourth-order valence-electron chi connectivity index (χ4n) is 3.71. The lowest BCUT2D eigenvalue weighted by molar-refractivity contribution is 0.217.